The molecule has 8 heteroatoms. The molecule has 138 valence electrons. The van der Waals surface area contributed by atoms with Crippen LogP contribution in [0.3, 0.4) is 0 Å². The number of carboxylic acid groups (broad SMARTS) is 1. The molecule has 2 aromatic rings. The second kappa shape index (κ2) is 8.57. The Bertz CT molecular complexity index is 818. The van der Waals surface area contributed by atoms with Gasteiger partial charge in [-0.1, -0.05) is 12.1 Å². The highest BCUT2D eigenvalue weighted by Crippen LogP contribution is 2.23. The minimum Gasteiger partial charge on any atom is -0.480 e. The maximum Gasteiger partial charge on any atom is 0.326 e. The van der Waals surface area contributed by atoms with Crippen LogP contribution in [0.25, 0.3) is 11.3 Å². The van der Waals surface area contributed by atoms with E-state index in [1.165, 1.54) is 30.1 Å². The lowest BCUT2D eigenvalue weighted by atomic mass is 10.1. The minimum atomic E-state index is -1.10. The summed E-state index contributed by atoms with van der Waals surface area (Å²) in [6, 6.07) is 5.94. The summed E-state index contributed by atoms with van der Waals surface area (Å²) < 4.78 is 0. The molecule has 0 saturated carbocycles. The van der Waals surface area contributed by atoms with E-state index in [2.05, 4.69) is 10.3 Å². The van der Waals surface area contributed by atoms with Crippen LogP contribution in [0.4, 0.5) is 0 Å². The summed E-state index contributed by atoms with van der Waals surface area (Å²) in [4.78, 5) is 40.9. The first kappa shape index (κ1) is 19.6. The van der Waals surface area contributed by atoms with Crippen molar-refractivity contribution < 1.29 is 19.5 Å². The topological polar surface area (TPSA) is 99.6 Å². The number of carbonyl (C=O) groups excluding carboxylic acids is 2. The molecule has 26 heavy (non-hydrogen) atoms. The SMILES string of the molecule is CC(=O)NCCN(C(=O)c1cccc(-c2csc(C)n2)c1)C(C)C(=O)O. The van der Waals surface area contributed by atoms with Gasteiger partial charge >= 0.3 is 5.97 Å². The minimum absolute atomic E-state index is 0.103. The quantitative estimate of drug-likeness (QED) is 0.773. The molecule has 0 aliphatic carbocycles. The van der Waals surface area contributed by atoms with E-state index in [-0.39, 0.29) is 19.0 Å². The number of benzene rings is 1. The van der Waals surface area contributed by atoms with Gasteiger partial charge < -0.3 is 15.3 Å². The average molecular weight is 375 g/mol. The molecule has 0 bridgehead atoms. The lowest BCUT2D eigenvalue weighted by Crippen LogP contribution is -2.46. The van der Waals surface area contributed by atoms with Crippen molar-refractivity contribution in [2.24, 2.45) is 0 Å². The van der Waals surface area contributed by atoms with Crippen molar-refractivity contribution in [3.8, 4) is 11.3 Å². The van der Waals surface area contributed by atoms with Crippen molar-refractivity contribution in [2.45, 2.75) is 26.8 Å². The molecule has 2 amide bonds. The van der Waals surface area contributed by atoms with Gasteiger partial charge in [0.1, 0.15) is 6.04 Å². The predicted octanol–water partition coefficient (Wildman–Crippen LogP) is 2.17. The van der Waals surface area contributed by atoms with Crippen LogP contribution in [-0.4, -0.2) is 51.9 Å². The number of aliphatic carboxylic acids is 1. The van der Waals surface area contributed by atoms with E-state index in [1.54, 1.807) is 18.2 Å². The fraction of sp³-hybridized carbons (Fsp3) is 0.333. The summed E-state index contributed by atoms with van der Waals surface area (Å²) in [6.07, 6.45) is 0. The number of carbonyl (C=O) groups is 3. The molecule has 1 aromatic carbocycles. The number of hydrogen-bond donors (Lipinski definition) is 2. The summed E-state index contributed by atoms with van der Waals surface area (Å²) in [5.41, 5.74) is 1.95. The van der Waals surface area contributed by atoms with Crippen LogP contribution in [0.15, 0.2) is 29.6 Å². The highest BCUT2D eigenvalue weighted by Gasteiger charge is 2.26. The Balaban J connectivity index is 2.26. The van der Waals surface area contributed by atoms with Crippen molar-refractivity contribution in [3.63, 3.8) is 0 Å². The van der Waals surface area contributed by atoms with Crippen LogP contribution >= 0.6 is 11.3 Å². The average Bonchev–Trinajstić information content (AvgIpc) is 3.04. The van der Waals surface area contributed by atoms with Crippen LogP contribution in [0.5, 0.6) is 0 Å². The van der Waals surface area contributed by atoms with Crippen LogP contribution < -0.4 is 5.32 Å². The maximum absolute atomic E-state index is 12.9. The van der Waals surface area contributed by atoms with Crippen molar-refractivity contribution in [2.75, 3.05) is 13.1 Å². The highest BCUT2D eigenvalue weighted by atomic mass is 32.1. The standard InChI is InChI=1S/C18H21N3O4S/c1-11(18(24)25)21(8-7-19-12(2)22)17(23)15-6-4-5-14(9-15)16-10-26-13(3)20-16/h4-6,9-11H,7-8H2,1-3H3,(H,19,22)(H,24,25). The number of nitrogens with one attached hydrogen (secondary N) is 1. The summed E-state index contributed by atoms with van der Waals surface area (Å²) in [5.74, 6) is -1.74. The first-order valence-corrected chi connectivity index (χ1v) is 8.98. The molecule has 1 aromatic heterocycles. The van der Waals surface area contributed by atoms with Gasteiger partial charge in [0.15, 0.2) is 0 Å². The number of aromatic nitrogens is 1. The Kier molecular flexibility index (Phi) is 6.46. The number of thiazole rings is 1. The van der Waals surface area contributed by atoms with Gasteiger partial charge in [-0.05, 0) is 26.0 Å². The Labute approximate surface area is 155 Å². The molecule has 0 saturated heterocycles. The van der Waals surface area contributed by atoms with E-state index in [0.29, 0.717) is 5.56 Å². The lowest BCUT2D eigenvalue weighted by Gasteiger charge is -2.26. The first-order valence-electron chi connectivity index (χ1n) is 8.10. The molecule has 0 spiro atoms. The van der Waals surface area contributed by atoms with E-state index in [1.807, 2.05) is 18.4 Å². The number of hydrogen-bond acceptors (Lipinski definition) is 5. The Morgan fingerprint density at radius 1 is 1.35 bits per heavy atom. The van der Waals surface area contributed by atoms with Crippen molar-refractivity contribution in [3.05, 3.63) is 40.2 Å². The Morgan fingerprint density at radius 3 is 2.65 bits per heavy atom. The third-order valence-electron chi connectivity index (χ3n) is 3.84. The molecule has 1 unspecified atom stereocenters. The first-order chi connectivity index (χ1) is 12.3. The Hall–Kier alpha value is -2.74. The highest BCUT2D eigenvalue weighted by molar-refractivity contribution is 7.09. The van der Waals surface area contributed by atoms with E-state index in [4.69, 9.17) is 0 Å². The normalized spacial score (nSPS) is 11.7. The summed E-state index contributed by atoms with van der Waals surface area (Å²) in [5, 5.41) is 14.7. The number of amides is 2. The third kappa shape index (κ3) is 4.89. The van der Waals surface area contributed by atoms with Gasteiger partial charge in [0.05, 0.1) is 10.7 Å². The molecule has 0 aliphatic rings. The number of aryl methyl sites for hydroxylation is 1. The van der Waals surface area contributed by atoms with Crippen molar-refractivity contribution in [1.29, 1.82) is 0 Å². The van der Waals surface area contributed by atoms with Crippen LogP contribution in [-0.2, 0) is 9.59 Å². The van der Waals surface area contributed by atoms with Gasteiger partial charge in [-0.15, -0.1) is 11.3 Å². The number of carboxylic acids is 1. The molecule has 0 fully saturated rings. The van der Waals surface area contributed by atoms with E-state index < -0.39 is 17.9 Å². The predicted molar refractivity (Wildman–Crippen MR) is 99.1 cm³/mol. The second-order valence-electron chi connectivity index (χ2n) is 5.83. The maximum atomic E-state index is 12.9. The second-order valence-corrected chi connectivity index (χ2v) is 6.89. The molecule has 0 radical (unpaired) electrons. The van der Waals surface area contributed by atoms with Gasteiger partial charge in [0.25, 0.3) is 5.91 Å². The molecule has 7 nitrogen and oxygen atoms in total. The zero-order valence-corrected chi connectivity index (χ0v) is 15.7. The fourth-order valence-corrected chi connectivity index (χ4v) is 3.05. The molecule has 1 atom stereocenters. The molecule has 0 aliphatic heterocycles. The fourth-order valence-electron chi connectivity index (χ4n) is 2.43. The summed E-state index contributed by atoms with van der Waals surface area (Å²) >= 11 is 1.52. The van der Waals surface area contributed by atoms with E-state index in [0.717, 1.165) is 16.3 Å². The number of rotatable bonds is 7. The van der Waals surface area contributed by atoms with Gasteiger partial charge in [-0.2, -0.15) is 0 Å². The molecule has 2 N–H and O–H groups in total. The van der Waals surface area contributed by atoms with Gasteiger partial charge in [0, 0.05) is 36.5 Å². The summed E-state index contributed by atoms with van der Waals surface area (Å²) in [7, 11) is 0. The largest absolute Gasteiger partial charge is 0.480 e. The Morgan fingerprint density at radius 2 is 2.08 bits per heavy atom. The zero-order chi connectivity index (χ0) is 19.3. The van der Waals surface area contributed by atoms with Crippen LogP contribution in [0.2, 0.25) is 0 Å². The lowest BCUT2D eigenvalue weighted by molar-refractivity contribution is -0.141. The molecular weight excluding hydrogens is 354 g/mol. The van der Waals surface area contributed by atoms with E-state index >= 15 is 0 Å². The van der Waals surface area contributed by atoms with Gasteiger partial charge in [0.2, 0.25) is 5.91 Å². The van der Waals surface area contributed by atoms with Crippen LogP contribution in [0.1, 0.15) is 29.2 Å². The number of nitrogens with zero attached hydrogens (tertiary/aromatic N) is 2. The smallest absolute Gasteiger partial charge is 0.326 e. The molecule has 2 rings (SSSR count). The van der Waals surface area contributed by atoms with E-state index in [9.17, 15) is 19.5 Å². The zero-order valence-electron chi connectivity index (χ0n) is 14.9. The monoisotopic (exact) mass is 375 g/mol. The summed E-state index contributed by atoms with van der Waals surface area (Å²) in [6.45, 7) is 5.00. The van der Waals surface area contributed by atoms with Crippen molar-refractivity contribution in [1.82, 2.24) is 15.2 Å². The molecule has 1 heterocycles. The van der Waals surface area contributed by atoms with Gasteiger partial charge in [-0.3, -0.25) is 9.59 Å². The van der Waals surface area contributed by atoms with Crippen molar-refractivity contribution >= 4 is 29.1 Å². The molecular formula is C18H21N3O4S. The van der Waals surface area contributed by atoms with Gasteiger partial charge in [-0.25, -0.2) is 9.78 Å². The van der Waals surface area contributed by atoms with Crippen LogP contribution in [0, 0.1) is 6.92 Å². The third-order valence-corrected chi connectivity index (χ3v) is 4.61.